The number of rotatable bonds is 11. The number of carbonyl (C=O) groups is 4. The molecular weight excluding hydrogens is 344 g/mol. The number of nitrogens with zero attached hydrogens (tertiary/aromatic N) is 1. The topological polar surface area (TPSA) is 83.6 Å². The Balaban J connectivity index is 2.19. The molecule has 0 aromatic carbocycles. The smallest absolute Gasteiger partial charge is 0.223 e. The van der Waals surface area contributed by atoms with Gasteiger partial charge in [-0.25, -0.2) is 0 Å². The van der Waals surface area contributed by atoms with Gasteiger partial charge < -0.3 is 10.2 Å². The number of carbonyl (C=O) groups excluding carboxylic acids is 4. The molecule has 1 rings (SSSR count). The normalized spacial score (nSPS) is 17.3. The summed E-state index contributed by atoms with van der Waals surface area (Å²) in [5, 5.41) is 2.99. The molecule has 2 atom stereocenters. The van der Waals surface area contributed by atoms with Crippen LogP contribution >= 0.6 is 0 Å². The zero-order valence-corrected chi connectivity index (χ0v) is 17.4. The highest BCUT2D eigenvalue weighted by Gasteiger charge is 2.27. The Morgan fingerprint density at radius 2 is 1.48 bits per heavy atom. The molecule has 1 fully saturated rings. The van der Waals surface area contributed by atoms with E-state index in [1.54, 1.807) is 13.8 Å². The van der Waals surface area contributed by atoms with Crippen molar-refractivity contribution in [1.29, 1.82) is 0 Å². The van der Waals surface area contributed by atoms with Crippen LogP contribution in [0.5, 0.6) is 0 Å². The monoisotopic (exact) mass is 380 g/mol. The minimum Gasteiger partial charge on any atom is -0.356 e. The lowest BCUT2D eigenvalue weighted by atomic mass is 9.95. The summed E-state index contributed by atoms with van der Waals surface area (Å²) in [7, 11) is 0. The van der Waals surface area contributed by atoms with Crippen molar-refractivity contribution in [3.63, 3.8) is 0 Å². The molecule has 2 unspecified atom stereocenters. The molecule has 1 N–H and O–H groups in total. The Hall–Kier alpha value is -1.72. The van der Waals surface area contributed by atoms with Crippen LogP contribution in [-0.2, 0) is 19.2 Å². The van der Waals surface area contributed by atoms with E-state index in [1.807, 2.05) is 18.7 Å². The van der Waals surface area contributed by atoms with Gasteiger partial charge in [0.05, 0.1) is 0 Å². The summed E-state index contributed by atoms with van der Waals surface area (Å²) in [6.45, 7) is 8.84. The number of hydrogen-bond acceptors (Lipinski definition) is 4. The van der Waals surface area contributed by atoms with Gasteiger partial charge in [-0.2, -0.15) is 0 Å². The van der Waals surface area contributed by atoms with Crippen LogP contribution in [0, 0.1) is 17.8 Å². The molecule has 0 aromatic heterocycles. The van der Waals surface area contributed by atoms with E-state index in [1.165, 1.54) is 0 Å². The van der Waals surface area contributed by atoms with Crippen molar-refractivity contribution in [3.05, 3.63) is 0 Å². The van der Waals surface area contributed by atoms with Crippen molar-refractivity contribution >= 4 is 23.4 Å². The van der Waals surface area contributed by atoms with Crippen LogP contribution in [0.25, 0.3) is 0 Å². The fourth-order valence-electron chi connectivity index (χ4n) is 3.23. The van der Waals surface area contributed by atoms with Gasteiger partial charge in [-0.15, -0.1) is 0 Å². The Bertz CT molecular complexity index is 524. The highest BCUT2D eigenvalue weighted by molar-refractivity contribution is 5.81. The molecule has 6 heteroatoms. The summed E-state index contributed by atoms with van der Waals surface area (Å²) in [6.07, 6.45) is 5.07. The van der Waals surface area contributed by atoms with Crippen molar-refractivity contribution in [3.8, 4) is 0 Å². The predicted molar refractivity (Wildman–Crippen MR) is 105 cm³/mol. The zero-order chi connectivity index (χ0) is 20.4. The minimum absolute atomic E-state index is 0.0265. The van der Waals surface area contributed by atoms with E-state index in [0.29, 0.717) is 45.3 Å². The number of hydrogen-bond donors (Lipinski definition) is 1. The molecule has 1 aliphatic rings. The van der Waals surface area contributed by atoms with E-state index in [0.717, 1.165) is 19.3 Å². The van der Waals surface area contributed by atoms with E-state index < -0.39 is 0 Å². The first kappa shape index (κ1) is 23.3. The van der Waals surface area contributed by atoms with Gasteiger partial charge in [0.1, 0.15) is 11.6 Å². The van der Waals surface area contributed by atoms with Crippen molar-refractivity contribution in [2.45, 2.75) is 72.6 Å². The molecule has 6 nitrogen and oxygen atoms in total. The summed E-state index contributed by atoms with van der Waals surface area (Å²) in [6, 6.07) is 0. The summed E-state index contributed by atoms with van der Waals surface area (Å²) >= 11 is 0. The molecule has 0 radical (unpaired) electrons. The molecule has 154 valence electrons. The number of likely N-dealkylation sites (tertiary alicyclic amines) is 1. The average Bonchev–Trinajstić information content (AvgIpc) is 2.64. The molecule has 0 aliphatic carbocycles. The van der Waals surface area contributed by atoms with Crippen LogP contribution in [0.2, 0.25) is 0 Å². The van der Waals surface area contributed by atoms with E-state index in [4.69, 9.17) is 0 Å². The van der Waals surface area contributed by atoms with Crippen molar-refractivity contribution in [2.24, 2.45) is 17.8 Å². The lowest BCUT2D eigenvalue weighted by Crippen LogP contribution is -2.43. The maximum absolute atomic E-state index is 12.3. The van der Waals surface area contributed by atoms with Crippen LogP contribution < -0.4 is 5.32 Å². The Labute approximate surface area is 163 Å². The third-order valence-corrected chi connectivity index (χ3v) is 5.76. The molecule has 2 amide bonds. The van der Waals surface area contributed by atoms with Gasteiger partial charge in [0.15, 0.2) is 0 Å². The first-order chi connectivity index (χ1) is 12.7. The lowest BCUT2D eigenvalue weighted by Gasteiger charge is -2.31. The fraction of sp³-hybridized carbons (Fsp3) is 0.810. The standard InChI is InChI=1S/C21H36N2O4/c1-15(17(3)24)7-5-6-12-22-21(27)19-10-13-23(14-11-19)20(26)9-8-16(2)18(4)25/h15-16,19H,5-14H2,1-4H3,(H,22,27). The third kappa shape index (κ3) is 8.67. The molecular formula is C21H36N2O4. The summed E-state index contributed by atoms with van der Waals surface area (Å²) < 4.78 is 0. The summed E-state index contributed by atoms with van der Waals surface area (Å²) in [4.78, 5) is 48.8. The van der Waals surface area contributed by atoms with E-state index in [2.05, 4.69) is 5.32 Å². The second-order valence-electron chi connectivity index (χ2n) is 8.00. The van der Waals surface area contributed by atoms with Crippen LogP contribution in [-0.4, -0.2) is 47.9 Å². The van der Waals surface area contributed by atoms with Gasteiger partial charge in [-0.3, -0.25) is 19.2 Å². The van der Waals surface area contributed by atoms with Gasteiger partial charge in [-0.05, 0) is 46.0 Å². The fourth-order valence-corrected chi connectivity index (χ4v) is 3.23. The molecule has 1 saturated heterocycles. The number of piperidine rings is 1. The van der Waals surface area contributed by atoms with Crippen molar-refractivity contribution < 1.29 is 19.2 Å². The summed E-state index contributed by atoms with van der Waals surface area (Å²) in [5.41, 5.74) is 0. The Morgan fingerprint density at radius 1 is 0.926 bits per heavy atom. The van der Waals surface area contributed by atoms with Gasteiger partial charge in [0, 0.05) is 43.8 Å². The quantitative estimate of drug-likeness (QED) is 0.559. The number of amides is 2. The zero-order valence-electron chi connectivity index (χ0n) is 17.4. The highest BCUT2D eigenvalue weighted by atomic mass is 16.2. The maximum atomic E-state index is 12.3. The summed E-state index contributed by atoms with van der Waals surface area (Å²) in [5.74, 6) is 0.497. The van der Waals surface area contributed by atoms with E-state index >= 15 is 0 Å². The first-order valence-electron chi connectivity index (χ1n) is 10.3. The van der Waals surface area contributed by atoms with Gasteiger partial charge >= 0.3 is 0 Å². The Morgan fingerprint density at radius 3 is 2.04 bits per heavy atom. The molecule has 0 bridgehead atoms. The molecule has 0 aromatic rings. The van der Waals surface area contributed by atoms with Gasteiger partial charge in [-0.1, -0.05) is 20.3 Å². The number of unbranched alkanes of at least 4 members (excludes halogenated alkanes) is 1. The maximum Gasteiger partial charge on any atom is 0.223 e. The number of ketones is 2. The van der Waals surface area contributed by atoms with Crippen LogP contribution in [0.3, 0.4) is 0 Å². The van der Waals surface area contributed by atoms with E-state index in [-0.39, 0.29) is 41.1 Å². The van der Waals surface area contributed by atoms with Crippen molar-refractivity contribution in [2.75, 3.05) is 19.6 Å². The molecule has 1 heterocycles. The SMILES string of the molecule is CC(=O)C(C)CCCCNC(=O)C1CCN(C(=O)CCC(C)C(C)=O)CC1. The Kier molecular flexibility index (Phi) is 10.3. The predicted octanol–water partition coefficient (Wildman–Crippen LogP) is 2.74. The number of Topliss-reactive ketones (excluding diaryl/α,β-unsaturated/α-hetero) is 2. The van der Waals surface area contributed by atoms with Gasteiger partial charge in [0.2, 0.25) is 11.8 Å². The molecule has 1 aliphatic heterocycles. The van der Waals surface area contributed by atoms with Crippen LogP contribution in [0.15, 0.2) is 0 Å². The lowest BCUT2D eigenvalue weighted by molar-refractivity contribution is -0.136. The highest BCUT2D eigenvalue weighted by Crippen LogP contribution is 2.19. The largest absolute Gasteiger partial charge is 0.356 e. The van der Waals surface area contributed by atoms with Crippen LogP contribution in [0.4, 0.5) is 0 Å². The first-order valence-corrected chi connectivity index (χ1v) is 10.3. The molecule has 0 saturated carbocycles. The van der Waals surface area contributed by atoms with Crippen molar-refractivity contribution in [1.82, 2.24) is 10.2 Å². The molecule has 0 spiro atoms. The average molecular weight is 381 g/mol. The van der Waals surface area contributed by atoms with Crippen LogP contribution in [0.1, 0.15) is 72.6 Å². The number of nitrogens with one attached hydrogen (secondary N) is 1. The third-order valence-electron chi connectivity index (χ3n) is 5.76. The van der Waals surface area contributed by atoms with E-state index in [9.17, 15) is 19.2 Å². The minimum atomic E-state index is -0.0734. The second kappa shape index (κ2) is 11.9. The second-order valence-corrected chi connectivity index (χ2v) is 8.00. The molecule has 27 heavy (non-hydrogen) atoms. The van der Waals surface area contributed by atoms with Gasteiger partial charge in [0.25, 0.3) is 0 Å².